The molecule has 0 bridgehead atoms. The van der Waals surface area contributed by atoms with Gasteiger partial charge in [-0.2, -0.15) is 5.10 Å². The quantitative estimate of drug-likeness (QED) is 0.779. The van der Waals surface area contributed by atoms with Gasteiger partial charge in [0.1, 0.15) is 0 Å². The van der Waals surface area contributed by atoms with Gasteiger partial charge in [-0.1, -0.05) is 30.3 Å². The number of primary amides is 1. The van der Waals surface area contributed by atoms with E-state index >= 15 is 0 Å². The lowest BCUT2D eigenvalue weighted by molar-refractivity contribution is 0.1000. The maximum absolute atomic E-state index is 11.0. The second kappa shape index (κ2) is 3.96. The molecule has 4 heteroatoms. The molecule has 4 nitrogen and oxygen atoms in total. The highest BCUT2D eigenvalue weighted by Gasteiger charge is 2.11. The summed E-state index contributed by atoms with van der Waals surface area (Å²) in [7, 11) is 0. The number of nitrogens with two attached hydrogens (primary N) is 1. The lowest BCUT2D eigenvalue weighted by Crippen LogP contribution is -2.12. The molecule has 75 valence electrons. The number of H-pyrrole nitrogens is 1. The van der Waals surface area contributed by atoms with E-state index in [4.69, 9.17) is 5.73 Å². The smallest absolute Gasteiger partial charge is 0.252 e. The Balaban J connectivity index is 2.25. The van der Waals surface area contributed by atoms with Crippen LogP contribution in [0.5, 0.6) is 0 Å². The number of aromatic amines is 1. The van der Waals surface area contributed by atoms with Crippen LogP contribution >= 0.6 is 0 Å². The number of nitrogens with one attached hydrogen (secondary N) is 1. The van der Waals surface area contributed by atoms with Gasteiger partial charge in [-0.3, -0.25) is 9.89 Å². The van der Waals surface area contributed by atoms with E-state index in [1.54, 1.807) is 6.42 Å². The average molecular weight is 200 g/mol. The van der Waals surface area contributed by atoms with E-state index in [-0.39, 0.29) is 0 Å². The van der Waals surface area contributed by atoms with Crippen molar-refractivity contribution in [3.8, 4) is 0 Å². The molecule has 0 atom stereocenters. The van der Waals surface area contributed by atoms with Gasteiger partial charge in [-0.15, -0.1) is 0 Å². The number of rotatable bonds is 3. The van der Waals surface area contributed by atoms with Crippen molar-refractivity contribution in [1.82, 2.24) is 10.2 Å². The first kappa shape index (κ1) is 9.45. The Morgan fingerprint density at radius 2 is 2.07 bits per heavy atom. The molecule has 2 aromatic rings. The van der Waals surface area contributed by atoms with E-state index in [0.29, 0.717) is 11.3 Å². The Morgan fingerprint density at radius 3 is 2.73 bits per heavy atom. The van der Waals surface area contributed by atoms with E-state index in [1.165, 1.54) is 6.20 Å². The highest BCUT2D eigenvalue weighted by molar-refractivity contribution is 5.94. The van der Waals surface area contributed by atoms with Crippen LogP contribution in [0.25, 0.3) is 0 Å². The summed E-state index contributed by atoms with van der Waals surface area (Å²) in [5, 5.41) is 6.57. The zero-order valence-corrected chi connectivity index (χ0v) is 7.97. The molecular weight excluding hydrogens is 190 g/mol. The number of carbonyl (C=O) groups excluding carboxylic acids is 1. The fourth-order valence-corrected chi connectivity index (χ4v) is 1.32. The summed E-state index contributed by atoms with van der Waals surface area (Å²) in [6.07, 6.45) is 3.30. The molecule has 1 aromatic carbocycles. The summed E-state index contributed by atoms with van der Waals surface area (Å²) in [5.41, 5.74) is 7.14. The Bertz CT molecular complexity index is 462. The number of aromatic nitrogens is 2. The van der Waals surface area contributed by atoms with Gasteiger partial charge in [0, 0.05) is 12.6 Å². The van der Waals surface area contributed by atoms with Crippen molar-refractivity contribution >= 4 is 5.91 Å². The number of benzene rings is 1. The van der Waals surface area contributed by atoms with Gasteiger partial charge >= 0.3 is 0 Å². The van der Waals surface area contributed by atoms with Crippen molar-refractivity contribution in [2.75, 3.05) is 0 Å². The molecule has 1 aromatic heterocycles. The van der Waals surface area contributed by atoms with Crippen LogP contribution in [0.3, 0.4) is 0 Å². The van der Waals surface area contributed by atoms with Gasteiger partial charge in [0.15, 0.2) is 0 Å². The number of carbonyl (C=O) groups is 1. The molecule has 0 unspecified atom stereocenters. The van der Waals surface area contributed by atoms with Crippen LogP contribution in [0.1, 0.15) is 21.6 Å². The molecule has 0 saturated carbocycles. The standard InChI is InChI=1S/C11H10N3O/c12-11(15)9-7-13-14-10(9)6-8-4-2-1-3-5-8/h1-7H,(H2,12,15)(H,13,14). The first-order valence-corrected chi connectivity index (χ1v) is 4.51. The van der Waals surface area contributed by atoms with E-state index in [9.17, 15) is 4.79 Å². The van der Waals surface area contributed by atoms with Gasteiger partial charge < -0.3 is 5.73 Å². The SMILES string of the molecule is NC(=O)c1c[nH]nc1[CH]c1ccccc1. The second-order valence-electron chi connectivity index (χ2n) is 3.10. The largest absolute Gasteiger partial charge is 0.365 e. The van der Waals surface area contributed by atoms with Crippen LogP contribution in [0.4, 0.5) is 0 Å². The topological polar surface area (TPSA) is 71.8 Å². The van der Waals surface area contributed by atoms with E-state index in [0.717, 1.165) is 5.56 Å². The molecule has 15 heavy (non-hydrogen) atoms. The van der Waals surface area contributed by atoms with Crippen molar-refractivity contribution in [3.05, 3.63) is 59.8 Å². The van der Waals surface area contributed by atoms with Crippen LogP contribution in [-0.2, 0) is 0 Å². The van der Waals surface area contributed by atoms with Crippen molar-refractivity contribution in [1.29, 1.82) is 0 Å². The minimum Gasteiger partial charge on any atom is -0.365 e. The van der Waals surface area contributed by atoms with Gasteiger partial charge in [0.2, 0.25) is 0 Å². The van der Waals surface area contributed by atoms with Gasteiger partial charge in [0.05, 0.1) is 11.3 Å². The van der Waals surface area contributed by atoms with Gasteiger partial charge in [-0.05, 0) is 5.56 Å². The van der Waals surface area contributed by atoms with E-state index in [1.807, 2.05) is 30.3 Å². The van der Waals surface area contributed by atoms with Crippen molar-refractivity contribution in [2.24, 2.45) is 5.73 Å². The lowest BCUT2D eigenvalue weighted by atomic mass is 10.1. The lowest BCUT2D eigenvalue weighted by Gasteiger charge is -1.98. The summed E-state index contributed by atoms with van der Waals surface area (Å²) in [5.74, 6) is -0.481. The summed E-state index contributed by atoms with van der Waals surface area (Å²) < 4.78 is 0. The molecule has 0 spiro atoms. The molecular formula is C11H10N3O. The fourth-order valence-electron chi connectivity index (χ4n) is 1.32. The summed E-state index contributed by atoms with van der Waals surface area (Å²) in [6.45, 7) is 0. The molecule has 2 rings (SSSR count). The molecule has 0 fully saturated rings. The van der Waals surface area contributed by atoms with Crippen LogP contribution in [-0.4, -0.2) is 16.1 Å². The third-order valence-corrected chi connectivity index (χ3v) is 2.04. The number of nitrogens with zero attached hydrogens (tertiary/aromatic N) is 1. The molecule has 3 N–H and O–H groups in total. The molecule has 0 aliphatic carbocycles. The Hall–Kier alpha value is -2.10. The first-order valence-electron chi connectivity index (χ1n) is 4.51. The van der Waals surface area contributed by atoms with Gasteiger partial charge in [-0.25, -0.2) is 0 Å². The summed E-state index contributed by atoms with van der Waals surface area (Å²) in [4.78, 5) is 11.0. The van der Waals surface area contributed by atoms with Crippen LogP contribution in [0.2, 0.25) is 0 Å². The predicted octanol–water partition coefficient (Wildman–Crippen LogP) is 1.11. The maximum Gasteiger partial charge on any atom is 0.252 e. The number of amides is 1. The Kier molecular flexibility index (Phi) is 2.49. The van der Waals surface area contributed by atoms with E-state index in [2.05, 4.69) is 10.2 Å². The average Bonchev–Trinajstić information content (AvgIpc) is 2.67. The monoisotopic (exact) mass is 200 g/mol. The zero-order valence-electron chi connectivity index (χ0n) is 7.97. The molecule has 1 heterocycles. The highest BCUT2D eigenvalue weighted by atomic mass is 16.1. The predicted molar refractivity (Wildman–Crippen MR) is 56.1 cm³/mol. The normalized spacial score (nSPS) is 10.1. The molecule has 0 saturated heterocycles. The number of hydrogen-bond donors (Lipinski definition) is 2. The van der Waals surface area contributed by atoms with Crippen molar-refractivity contribution in [2.45, 2.75) is 0 Å². The second-order valence-corrected chi connectivity index (χ2v) is 3.10. The minimum atomic E-state index is -0.481. The summed E-state index contributed by atoms with van der Waals surface area (Å²) in [6, 6.07) is 9.63. The van der Waals surface area contributed by atoms with E-state index < -0.39 is 5.91 Å². The van der Waals surface area contributed by atoms with Crippen molar-refractivity contribution < 1.29 is 4.79 Å². The fraction of sp³-hybridized carbons (Fsp3) is 0. The zero-order chi connectivity index (χ0) is 10.7. The van der Waals surface area contributed by atoms with Crippen LogP contribution in [0.15, 0.2) is 36.5 Å². The number of hydrogen-bond acceptors (Lipinski definition) is 2. The summed E-state index contributed by atoms with van der Waals surface area (Å²) >= 11 is 0. The third-order valence-electron chi connectivity index (χ3n) is 2.04. The highest BCUT2D eigenvalue weighted by Crippen LogP contribution is 2.12. The van der Waals surface area contributed by atoms with Crippen LogP contribution < -0.4 is 5.73 Å². The maximum atomic E-state index is 11.0. The minimum absolute atomic E-state index is 0.402. The third kappa shape index (κ3) is 2.04. The Labute approximate surface area is 87.1 Å². The van der Waals surface area contributed by atoms with Crippen LogP contribution in [0, 0.1) is 6.42 Å². The first-order chi connectivity index (χ1) is 7.27. The van der Waals surface area contributed by atoms with Gasteiger partial charge in [0.25, 0.3) is 5.91 Å². The Morgan fingerprint density at radius 1 is 1.33 bits per heavy atom. The van der Waals surface area contributed by atoms with Crippen molar-refractivity contribution in [3.63, 3.8) is 0 Å². The molecule has 1 amide bonds. The molecule has 0 aliphatic rings. The molecule has 0 aliphatic heterocycles. The molecule has 1 radical (unpaired) electrons.